The fourth-order valence-corrected chi connectivity index (χ4v) is 7.52. The highest BCUT2D eigenvalue weighted by molar-refractivity contribution is 6.07. The first-order valence-electron chi connectivity index (χ1n) is 10.6. The molecule has 5 saturated heterocycles. The normalized spacial score (nSPS) is 47.1. The van der Waals surface area contributed by atoms with Gasteiger partial charge in [0, 0.05) is 24.8 Å². The lowest BCUT2D eigenvalue weighted by Crippen LogP contribution is -2.67. The van der Waals surface area contributed by atoms with Crippen LogP contribution >= 0.6 is 0 Å². The van der Waals surface area contributed by atoms with Crippen LogP contribution in [0, 0.1) is 11.8 Å². The summed E-state index contributed by atoms with van der Waals surface area (Å²) in [6.45, 7) is 2.04. The second-order valence-corrected chi connectivity index (χ2v) is 9.79. The van der Waals surface area contributed by atoms with Gasteiger partial charge in [-0.25, -0.2) is 0 Å². The molecular weight excluding hydrogens is 372 g/mol. The molecule has 6 fully saturated rings. The van der Waals surface area contributed by atoms with Gasteiger partial charge >= 0.3 is 0 Å². The van der Waals surface area contributed by atoms with Crippen LogP contribution in [-0.4, -0.2) is 72.3 Å². The molecule has 1 saturated carbocycles. The maximum atomic E-state index is 13.9. The summed E-state index contributed by atoms with van der Waals surface area (Å²) in [6, 6.07) is 5.06. The van der Waals surface area contributed by atoms with Gasteiger partial charge < -0.3 is 24.4 Å². The molecule has 29 heavy (non-hydrogen) atoms. The quantitative estimate of drug-likeness (QED) is 0.654. The number of benzene rings is 1. The van der Waals surface area contributed by atoms with E-state index in [-0.39, 0.29) is 53.1 Å². The highest BCUT2D eigenvalue weighted by Crippen LogP contribution is 2.65. The molecule has 6 heterocycles. The zero-order valence-electron chi connectivity index (χ0n) is 16.3. The zero-order chi connectivity index (χ0) is 19.7. The first-order valence-corrected chi connectivity index (χ1v) is 10.6. The number of anilines is 1. The summed E-state index contributed by atoms with van der Waals surface area (Å²) in [6.07, 6.45) is 1.22. The molecule has 7 aliphatic rings. The standard InChI is InChI=1S/C22H24N2O5/c1-23-6-5-21-11-3-2-4-13(25)19(11)24-17(27)8-14-18(20(21)24)12(7-15(21)26)22(10-23)16(29-22)9-28-14/h2-4,12,14,16,18,20,25H,5-10H2,1H3. The number of piperidine rings is 1. The van der Waals surface area contributed by atoms with Crippen LogP contribution in [-0.2, 0) is 24.5 Å². The Hall–Kier alpha value is -1.96. The number of phenolic OH excluding ortho intramolecular Hbond substituents is 1. The van der Waals surface area contributed by atoms with Crippen LogP contribution in [0.1, 0.15) is 24.8 Å². The molecule has 6 aliphatic heterocycles. The smallest absolute Gasteiger partial charge is 0.230 e. The summed E-state index contributed by atoms with van der Waals surface area (Å²) in [5.41, 5.74) is 0.233. The summed E-state index contributed by atoms with van der Waals surface area (Å²) < 4.78 is 12.5. The van der Waals surface area contributed by atoms with Gasteiger partial charge in [0.1, 0.15) is 23.2 Å². The van der Waals surface area contributed by atoms with Crippen LogP contribution in [0.25, 0.3) is 0 Å². The first kappa shape index (κ1) is 16.8. The maximum absolute atomic E-state index is 13.9. The second-order valence-electron chi connectivity index (χ2n) is 9.79. The summed E-state index contributed by atoms with van der Waals surface area (Å²) in [5.74, 6) is 0.307. The van der Waals surface area contributed by atoms with Crippen molar-refractivity contribution in [1.29, 1.82) is 0 Å². The Bertz CT molecular complexity index is 980. The van der Waals surface area contributed by atoms with E-state index in [1.165, 1.54) is 0 Å². The van der Waals surface area contributed by atoms with Gasteiger partial charge in [0.25, 0.3) is 0 Å². The minimum absolute atomic E-state index is 0.000293. The SMILES string of the molecule is CN1CCC23C(=O)CC4C5C(CC(=O)N(c6c(O)cccc62)C53)OCC2OC24C1. The number of ketones is 1. The Labute approximate surface area is 168 Å². The van der Waals surface area contributed by atoms with Gasteiger partial charge in [-0.3, -0.25) is 9.59 Å². The number of epoxide rings is 1. The van der Waals surface area contributed by atoms with E-state index in [4.69, 9.17) is 9.47 Å². The molecule has 7 nitrogen and oxygen atoms in total. The zero-order valence-corrected chi connectivity index (χ0v) is 16.3. The van der Waals surface area contributed by atoms with Crippen molar-refractivity contribution < 1.29 is 24.2 Å². The summed E-state index contributed by atoms with van der Waals surface area (Å²) in [4.78, 5) is 31.3. The Morgan fingerprint density at radius 3 is 2.97 bits per heavy atom. The average Bonchev–Trinajstić information content (AvgIpc) is 3.28. The van der Waals surface area contributed by atoms with Crippen LogP contribution in [0.3, 0.4) is 0 Å². The van der Waals surface area contributed by atoms with E-state index in [1.807, 2.05) is 6.07 Å². The number of ether oxygens (including phenoxy) is 2. The predicted molar refractivity (Wildman–Crippen MR) is 102 cm³/mol. The monoisotopic (exact) mass is 396 g/mol. The topological polar surface area (TPSA) is 82.6 Å². The molecule has 1 aromatic carbocycles. The van der Waals surface area contributed by atoms with Crippen molar-refractivity contribution in [2.24, 2.45) is 11.8 Å². The number of carbonyl (C=O) groups excluding carboxylic acids is 2. The molecule has 7 heteroatoms. The van der Waals surface area contributed by atoms with Gasteiger partial charge in [-0.1, -0.05) is 12.1 Å². The van der Waals surface area contributed by atoms with E-state index in [0.717, 1.165) is 18.7 Å². The molecule has 152 valence electrons. The summed E-state index contributed by atoms with van der Waals surface area (Å²) in [7, 11) is 2.09. The number of Topliss-reactive ketones (excluding diaryl/α,β-unsaturated/α-hetero) is 1. The van der Waals surface area contributed by atoms with Crippen LogP contribution in [0.4, 0.5) is 5.69 Å². The largest absolute Gasteiger partial charge is 0.506 e. The minimum Gasteiger partial charge on any atom is -0.506 e. The van der Waals surface area contributed by atoms with Crippen molar-refractivity contribution in [3.63, 3.8) is 0 Å². The van der Waals surface area contributed by atoms with Gasteiger partial charge in [-0.15, -0.1) is 0 Å². The van der Waals surface area contributed by atoms with Gasteiger partial charge in [-0.05, 0) is 31.6 Å². The van der Waals surface area contributed by atoms with Crippen molar-refractivity contribution in [1.82, 2.24) is 4.90 Å². The minimum atomic E-state index is -0.776. The molecule has 2 spiro atoms. The number of para-hydroxylation sites is 1. The van der Waals surface area contributed by atoms with Crippen LogP contribution in [0.5, 0.6) is 5.75 Å². The number of aromatic hydroxyl groups is 1. The van der Waals surface area contributed by atoms with Crippen LogP contribution < -0.4 is 4.90 Å². The molecule has 0 radical (unpaired) electrons. The number of rotatable bonds is 0. The molecule has 1 N–H and O–H groups in total. The summed E-state index contributed by atoms with van der Waals surface area (Å²) >= 11 is 0. The number of hydrogen-bond donors (Lipinski definition) is 1. The lowest BCUT2D eigenvalue weighted by molar-refractivity contribution is -0.144. The van der Waals surface area contributed by atoms with E-state index >= 15 is 0 Å². The van der Waals surface area contributed by atoms with E-state index in [0.29, 0.717) is 31.6 Å². The number of amides is 1. The molecule has 1 aliphatic carbocycles. The molecule has 7 unspecified atom stereocenters. The Morgan fingerprint density at radius 2 is 2.10 bits per heavy atom. The van der Waals surface area contributed by atoms with E-state index in [1.54, 1.807) is 17.0 Å². The maximum Gasteiger partial charge on any atom is 0.230 e. The van der Waals surface area contributed by atoms with Crippen molar-refractivity contribution in [3.05, 3.63) is 23.8 Å². The lowest BCUT2D eigenvalue weighted by Gasteiger charge is -2.53. The molecule has 8 rings (SSSR count). The number of likely N-dealkylation sites (N-methyl/N-ethyl adjacent to an activating group) is 1. The third kappa shape index (κ3) is 1.74. The third-order valence-electron chi connectivity index (χ3n) is 8.67. The van der Waals surface area contributed by atoms with Gasteiger partial charge in [0.2, 0.25) is 5.91 Å². The number of nitrogens with zero attached hydrogens (tertiary/aromatic N) is 2. The van der Waals surface area contributed by atoms with Gasteiger partial charge in [0.05, 0.1) is 36.3 Å². The number of phenols is 1. The van der Waals surface area contributed by atoms with Crippen LogP contribution in [0.2, 0.25) is 0 Å². The average molecular weight is 396 g/mol. The van der Waals surface area contributed by atoms with E-state index in [2.05, 4.69) is 11.9 Å². The number of fused-ring (bicyclic) bond motifs is 6. The predicted octanol–water partition coefficient (Wildman–Crippen LogP) is 0.826. The molecular formula is C22H24N2O5. The Kier molecular flexibility index (Phi) is 2.91. The molecule has 1 amide bonds. The Morgan fingerprint density at radius 1 is 1.24 bits per heavy atom. The van der Waals surface area contributed by atoms with Gasteiger partial charge in [0.15, 0.2) is 0 Å². The fraction of sp³-hybridized carbons (Fsp3) is 0.636. The molecule has 0 aromatic heterocycles. The Balaban J connectivity index is 1.54. The fourth-order valence-electron chi connectivity index (χ4n) is 7.52. The van der Waals surface area contributed by atoms with Crippen molar-refractivity contribution in [2.75, 3.05) is 31.6 Å². The van der Waals surface area contributed by atoms with Gasteiger partial charge in [-0.2, -0.15) is 0 Å². The molecule has 1 aromatic rings. The molecule has 4 bridgehead atoms. The summed E-state index contributed by atoms with van der Waals surface area (Å²) in [5, 5.41) is 10.7. The second kappa shape index (κ2) is 5.02. The lowest BCUT2D eigenvalue weighted by atomic mass is 9.54. The molecule has 7 atom stereocenters. The number of hydrogen-bond acceptors (Lipinski definition) is 6. The highest BCUT2D eigenvalue weighted by atomic mass is 16.6. The third-order valence-corrected chi connectivity index (χ3v) is 8.67. The van der Waals surface area contributed by atoms with Crippen molar-refractivity contribution >= 4 is 17.4 Å². The highest BCUT2D eigenvalue weighted by Gasteiger charge is 2.75. The number of carbonyl (C=O) groups is 2. The van der Waals surface area contributed by atoms with E-state index < -0.39 is 5.41 Å². The van der Waals surface area contributed by atoms with Crippen molar-refractivity contribution in [3.8, 4) is 5.75 Å². The first-order chi connectivity index (χ1) is 14.0. The van der Waals surface area contributed by atoms with E-state index in [9.17, 15) is 14.7 Å². The van der Waals surface area contributed by atoms with Crippen LogP contribution in [0.15, 0.2) is 18.2 Å². The van der Waals surface area contributed by atoms with Crippen molar-refractivity contribution in [2.45, 2.75) is 48.5 Å².